The van der Waals surface area contributed by atoms with Crippen LogP contribution in [0.4, 0.5) is 29.3 Å². The van der Waals surface area contributed by atoms with E-state index in [1.165, 1.54) is 6.07 Å². The largest absolute Gasteiger partial charge is 0.444 e. The number of alkyl carbamates (subject to hydrolysis) is 1. The first-order valence-electron chi connectivity index (χ1n) is 13.2. The first-order valence-corrected chi connectivity index (χ1v) is 13.2. The maximum absolute atomic E-state index is 13.7. The van der Waals surface area contributed by atoms with Crippen molar-refractivity contribution in [2.24, 2.45) is 0 Å². The Balaban J connectivity index is 1.55. The molecular formula is C31H32F3N5O3. The Morgan fingerprint density at radius 2 is 1.60 bits per heavy atom. The first kappa shape index (κ1) is 30.2. The van der Waals surface area contributed by atoms with Gasteiger partial charge in [0.05, 0.1) is 5.69 Å². The average Bonchev–Trinajstić information content (AvgIpc) is 3.39. The molecule has 42 heavy (non-hydrogen) atoms. The van der Waals surface area contributed by atoms with Crippen LogP contribution in [-0.4, -0.2) is 34.4 Å². The highest BCUT2D eigenvalue weighted by Gasteiger charge is 2.36. The number of aromatic nitrogens is 2. The molecule has 0 saturated carbocycles. The molecular weight excluding hydrogens is 547 g/mol. The summed E-state index contributed by atoms with van der Waals surface area (Å²) in [7, 11) is 1.94. The molecule has 0 fully saturated rings. The average molecular weight is 580 g/mol. The van der Waals surface area contributed by atoms with Crippen molar-refractivity contribution in [3.8, 4) is 5.69 Å². The minimum absolute atomic E-state index is 0.0574. The molecule has 0 saturated heterocycles. The van der Waals surface area contributed by atoms with Gasteiger partial charge < -0.3 is 20.3 Å². The molecule has 1 heterocycles. The molecule has 2 amide bonds. The third-order valence-electron chi connectivity index (χ3n) is 6.02. The monoisotopic (exact) mass is 579 g/mol. The number of para-hydroxylation sites is 1. The second kappa shape index (κ2) is 12.4. The van der Waals surface area contributed by atoms with E-state index in [1.807, 2.05) is 48.3 Å². The summed E-state index contributed by atoms with van der Waals surface area (Å²) in [5.41, 5.74) is 0.939. The van der Waals surface area contributed by atoms with Crippen LogP contribution in [0.2, 0.25) is 0 Å². The van der Waals surface area contributed by atoms with E-state index in [1.54, 1.807) is 57.2 Å². The summed E-state index contributed by atoms with van der Waals surface area (Å²) in [5.74, 6) is -0.760. The highest BCUT2D eigenvalue weighted by atomic mass is 19.4. The van der Waals surface area contributed by atoms with Crippen molar-refractivity contribution in [3.05, 3.63) is 107 Å². The number of hydrogen-bond donors (Lipinski definition) is 2. The lowest BCUT2D eigenvalue weighted by Crippen LogP contribution is -2.32. The summed E-state index contributed by atoms with van der Waals surface area (Å²) < 4.78 is 47.1. The van der Waals surface area contributed by atoms with Crippen LogP contribution in [-0.2, 0) is 24.0 Å². The molecule has 2 N–H and O–H groups in total. The maximum Gasteiger partial charge on any atom is 0.435 e. The lowest BCUT2D eigenvalue weighted by atomic mass is 10.1. The van der Waals surface area contributed by atoms with Gasteiger partial charge in [-0.05, 0) is 68.3 Å². The number of nitrogens with one attached hydrogen (secondary N) is 2. The van der Waals surface area contributed by atoms with Crippen LogP contribution in [0.3, 0.4) is 0 Å². The van der Waals surface area contributed by atoms with Crippen LogP contribution in [0.5, 0.6) is 0 Å². The number of amides is 2. The van der Waals surface area contributed by atoms with Gasteiger partial charge >= 0.3 is 12.3 Å². The number of carbonyl (C=O) groups is 2. The minimum atomic E-state index is -4.77. The fourth-order valence-electron chi connectivity index (χ4n) is 4.15. The number of carbonyl (C=O) groups excluding carboxylic acids is 2. The normalized spacial score (nSPS) is 11.6. The predicted octanol–water partition coefficient (Wildman–Crippen LogP) is 6.80. The zero-order valence-electron chi connectivity index (χ0n) is 23.7. The van der Waals surface area contributed by atoms with Crippen LogP contribution in [0.1, 0.15) is 48.1 Å². The number of rotatable bonds is 8. The van der Waals surface area contributed by atoms with Gasteiger partial charge in [-0.15, -0.1) is 0 Å². The van der Waals surface area contributed by atoms with Crippen LogP contribution in [0, 0.1) is 0 Å². The molecule has 4 aromatic rings. The van der Waals surface area contributed by atoms with Gasteiger partial charge in [-0.2, -0.15) is 18.3 Å². The van der Waals surface area contributed by atoms with Crippen molar-refractivity contribution < 1.29 is 27.5 Å². The molecule has 0 spiro atoms. The van der Waals surface area contributed by atoms with E-state index in [0.29, 0.717) is 23.9 Å². The van der Waals surface area contributed by atoms with Crippen LogP contribution >= 0.6 is 0 Å². The number of benzene rings is 3. The van der Waals surface area contributed by atoms with Gasteiger partial charge in [0.25, 0.3) is 5.91 Å². The van der Waals surface area contributed by atoms with Gasteiger partial charge in [-0.25, -0.2) is 9.48 Å². The fraction of sp³-hybridized carbons (Fsp3) is 0.258. The molecule has 0 unspecified atom stereocenters. The molecule has 0 aliphatic heterocycles. The van der Waals surface area contributed by atoms with Crippen LogP contribution < -0.4 is 15.5 Å². The zero-order valence-corrected chi connectivity index (χ0v) is 23.7. The summed E-state index contributed by atoms with van der Waals surface area (Å²) in [6.45, 7) is 5.80. The van der Waals surface area contributed by atoms with Gasteiger partial charge in [0, 0.05) is 37.6 Å². The maximum atomic E-state index is 13.7. The predicted molar refractivity (Wildman–Crippen MR) is 155 cm³/mol. The fourth-order valence-corrected chi connectivity index (χ4v) is 4.15. The number of anilines is 2. The van der Waals surface area contributed by atoms with E-state index in [0.717, 1.165) is 15.9 Å². The molecule has 4 rings (SSSR count). The Kier molecular flexibility index (Phi) is 8.89. The third-order valence-corrected chi connectivity index (χ3v) is 6.02. The number of nitrogens with zero attached hydrogens (tertiary/aromatic N) is 3. The summed E-state index contributed by atoms with van der Waals surface area (Å²) in [5, 5.41) is 9.01. The summed E-state index contributed by atoms with van der Waals surface area (Å²) in [6, 6.07) is 23.9. The summed E-state index contributed by atoms with van der Waals surface area (Å²) >= 11 is 0. The number of halogens is 3. The molecule has 0 atom stereocenters. The SMILES string of the molecule is CN(Cc1cccc(NC(=O)c2cc(C(F)(F)F)nn2-c2cccc(CNC(=O)OC(C)(C)C)c2)c1)c1ccccc1. The Labute approximate surface area is 242 Å². The smallest absolute Gasteiger partial charge is 0.435 e. The quantitative estimate of drug-likeness (QED) is 0.240. The Morgan fingerprint density at radius 1 is 0.905 bits per heavy atom. The topological polar surface area (TPSA) is 88.5 Å². The molecule has 1 aromatic heterocycles. The van der Waals surface area contributed by atoms with Gasteiger partial charge in [0.2, 0.25) is 0 Å². The number of alkyl halides is 3. The van der Waals surface area contributed by atoms with E-state index in [9.17, 15) is 22.8 Å². The van der Waals surface area contributed by atoms with Crippen molar-refractivity contribution >= 4 is 23.4 Å². The molecule has 0 aliphatic rings. The van der Waals surface area contributed by atoms with E-state index in [4.69, 9.17) is 4.74 Å². The molecule has 0 aliphatic carbocycles. The van der Waals surface area contributed by atoms with Gasteiger partial charge in [-0.3, -0.25) is 4.79 Å². The highest BCUT2D eigenvalue weighted by Crippen LogP contribution is 2.30. The molecule has 0 radical (unpaired) electrons. The molecule has 220 valence electrons. The minimum Gasteiger partial charge on any atom is -0.444 e. The van der Waals surface area contributed by atoms with E-state index in [2.05, 4.69) is 15.7 Å². The van der Waals surface area contributed by atoms with E-state index >= 15 is 0 Å². The molecule has 11 heteroatoms. The van der Waals surface area contributed by atoms with Crippen molar-refractivity contribution in [1.29, 1.82) is 0 Å². The van der Waals surface area contributed by atoms with Gasteiger partial charge in [-0.1, -0.05) is 42.5 Å². The molecule has 8 nitrogen and oxygen atoms in total. The standard InChI is InChI=1S/C31H32F3N5O3/c1-30(2,3)42-29(41)35-19-21-10-9-15-25(17-21)39-26(18-27(37-39)31(32,33)34)28(40)36-23-12-8-11-22(16-23)20-38(4)24-13-6-5-7-14-24/h5-18H,19-20H2,1-4H3,(H,35,41)(H,36,40). The number of hydrogen-bond acceptors (Lipinski definition) is 5. The summed E-state index contributed by atoms with van der Waals surface area (Å²) in [4.78, 5) is 27.4. The summed E-state index contributed by atoms with van der Waals surface area (Å²) in [6.07, 6.45) is -5.40. The van der Waals surface area contributed by atoms with Crippen molar-refractivity contribution in [3.63, 3.8) is 0 Å². The second-order valence-corrected chi connectivity index (χ2v) is 10.7. The third kappa shape index (κ3) is 8.12. The lowest BCUT2D eigenvalue weighted by Gasteiger charge is -2.20. The van der Waals surface area contributed by atoms with Crippen LogP contribution in [0.25, 0.3) is 5.69 Å². The lowest BCUT2D eigenvalue weighted by molar-refractivity contribution is -0.141. The first-order chi connectivity index (χ1) is 19.8. The second-order valence-electron chi connectivity index (χ2n) is 10.7. The van der Waals surface area contributed by atoms with Crippen LogP contribution in [0.15, 0.2) is 84.9 Å². The Morgan fingerprint density at radius 3 is 2.29 bits per heavy atom. The van der Waals surface area contributed by atoms with E-state index < -0.39 is 29.5 Å². The number of ether oxygens (including phenoxy) is 1. The molecule has 3 aromatic carbocycles. The van der Waals surface area contributed by atoms with Crippen molar-refractivity contribution in [2.75, 3.05) is 17.3 Å². The molecule has 0 bridgehead atoms. The van der Waals surface area contributed by atoms with Gasteiger partial charge in [0.1, 0.15) is 11.3 Å². The Bertz CT molecular complexity index is 1550. The van der Waals surface area contributed by atoms with Crippen molar-refractivity contribution in [1.82, 2.24) is 15.1 Å². The van der Waals surface area contributed by atoms with E-state index in [-0.39, 0.29) is 17.9 Å². The Hall–Kier alpha value is -4.80. The zero-order chi connectivity index (χ0) is 30.5. The van der Waals surface area contributed by atoms with Crippen molar-refractivity contribution in [2.45, 2.75) is 45.6 Å². The highest BCUT2D eigenvalue weighted by molar-refractivity contribution is 6.03. The van der Waals surface area contributed by atoms with Gasteiger partial charge in [0.15, 0.2) is 5.69 Å².